The molecule has 5 heteroatoms. The molecule has 2 rings (SSSR count). The maximum atomic E-state index is 4.48. The predicted octanol–water partition coefficient (Wildman–Crippen LogP) is 2.83. The van der Waals surface area contributed by atoms with Crippen LogP contribution in [-0.4, -0.2) is 42.1 Å². The summed E-state index contributed by atoms with van der Waals surface area (Å²) >= 11 is 5.14. The number of anilines is 1. The maximum absolute atomic E-state index is 4.48. The third-order valence-electron chi connectivity index (χ3n) is 3.23. The molecule has 0 aliphatic carbocycles. The number of aromatic nitrogens is 1. The molecule has 0 N–H and O–H groups in total. The first kappa shape index (κ1) is 12.3. The monoisotopic (exact) mass is 303 g/mol. The lowest BCUT2D eigenvalue weighted by atomic mass is 10.2. The van der Waals surface area contributed by atoms with Crippen LogP contribution in [0.25, 0.3) is 0 Å². The largest absolute Gasteiger partial charge is 0.346 e. The first-order chi connectivity index (χ1) is 7.74. The van der Waals surface area contributed by atoms with Crippen molar-refractivity contribution in [3.63, 3.8) is 0 Å². The molecule has 0 spiro atoms. The summed E-state index contributed by atoms with van der Waals surface area (Å²) in [5, 5.41) is 3.21. The third-order valence-corrected chi connectivity index (χ3v) is 4.84. The van der Waals surface area contributed by atoms with E-state index in [1.807, 2.05) is 0 Å². The molecule has 1 aromatic rings. The van der Waals surface area contributed by atoms with E-state index in [1.165, 1.54) is 6.42 Å². The Balaban J connectivity index is 1.97. The van der Waals surface area contributed by atoms with Gasteiger partial charge < -0.3 is 4.90 Å². The lowest BCUT2D eigenvalue weighted by Crippen LogP contribution is -2.37. The Morgan fingerprint density at radius 1 is 1.56 bits per heavy atom. The molecular formula is C11H18BrN3S. The van der Waals surface area contributed by atoms with Crippen molar-refractivity contribution in [3.8, 4) is 0 Å². The number of hydrogen-bond acceptors (Lipinski definition) is 4. The number of likely N-dealkylation sites (N-methyl/N-ethyl adjacent to an activating group) is 1. The normalized spacial score (nSPS) is 21.0. The van der Waals surface area contributed by atoms with Gasteiger partial charge in [0.05, 0.1) is 0 Å². The van der Waals surface area contributed by atoms with Crippen molar-refractivity contribution in [1.82, 2.24) is 9.88 Å². The van der Waals surface area contributed by atoms with Crippen LogP contribution in [0.3, 0.4) is 0 Å². The molecule has 3 nitrogen and oxygen atoms in total. The summed E-state index contributed by atoms with van der Waals surface area (Å²) in [6.45, 7) is 9.05. The van der Waals surface area contributed by atoms with Crippen LogP contribution in [-0.2, 0) is 0 Å². The fourth-order valence-corrected chi connectivity index (χ4v) is 3.63. The van der Waals surface area contributed by atoms with E-state index in [0.29, 0.717) is 6.04 Å². The minimum Gasteiger partial charge on any atom is -0.346 e. The van der Waals surface area contributed by atoms with Crippen molar-refractivity contribution in [2.75, 3.05) is 31.1 Å². The van der Waals surface area contributed by atoms with Crippen LogP contribution in [0.15, 0.2) is 9.98 Å². The molecule has 0 radical (unpaired) electrons. The van der Waals surface area contributed by atoms with Gasteiger partial charge >= 0.3 is 0 Å². The highest BCUT2D eigenvalue weighted by Gasteiger charge is 2.27. The van der Waals surface area contributed by atoms with Crippen LogP contribution in [0.4, 0.5) is 5.13 Å². The van der Waals surface area contributed by atoms with E-state index in [-0.39, 0.29) is 0 Å². The van der Waals surface area contributed by atoms with Crippen molar-refractivity contribution in [2.24, 2.45) is 0 Å². The molecule has 1 atom stereocenters. The zero-order valence-corrected chi connectivity index (χ0v) is 12.2. The van der Waals surface area contributed by atoms with Crippen LogP contribution in [0.5, 0.6) is 0 Å². The van der Waals surface area contributed by atoms with E-state index in [2.05, 4.69) is 49.9 Å². The smallest absolute Gasteiger partial charge is 0.186 e. The molecule has 1 unspecified atom stereocenters. The lowest BCUT2D eigenvalue weighted by Gasteiger charge is -2.25. The number of halogens is 1. The highest BCUT2D eigenvalue weighted by atomic mass is 79.9. The molecule has 1 aliphatic rings. The van der Waals surface area contributed by atoms with Gasteiger partial charge in [-0.2, -0.15) is 0 Å². The third kappa shape index (κ3) is 2.57. The molecule has 16 heavy (non-hydrogen) atoms. The van der Waals surface area contributed by atoms with Gasteiger partial charge in [0.1, 0.15) is 4.60 Å². The molecule has 1 saturated heterocycles. The minimum absolute atomic E-state index is 0.706. The van der Waals surface area contributed by atoms with E-state index in [0.717, 1.165) is 35.9 Å². The fraction of sp³-hybridized carbons (Fsp3) is 0.727. The van der Waals surface area contributed by atoms with Crippen LogP contribution < -0.4 is 4.90 Å². The molecule has 0 bridgehead atoms. The first-order valence-electron chi connectivity index (χ1n) is 5.84. The molecule has 2 heterocycles. The lowest BCUT2D eigenvalue weighted by molar-refractivity contribution is 0.232. The Morgan fingerprint density at radius 3 is 2.88 bits per heavy atom. The number of hydrogen-bond donors (Lipinski definition) is 0. The average molecular weight is 304 g/mol. The summed E-state index contributed by atoms with van der Waals surface area (Å²) in [7, 11) is 0. The Kier molecular flexibility index (Phi) is 4.21. The Hall–Kier alpha value is -0.130. The van der Waals surface area contributed by atoms with Crippen molar-refractivity contribution in [1.29, 1.82) is 0 Å². The minimum atomic E-state index is 0.706. The van der Waals surface area contributed by atoms with E-state index in [1.54, 1.807) is 11.3 Å². The summed E-state index contributed by atoms with van der Waals surface area (Å²) in [5.74, 6) is 0. The van der Waals surface area contributed by atoms with E-state index in [9.17, 15) is 0 Å². The standard InChI is InChI=1S/C11H18BrN3S/c1-3-14(4-2)9-5-6-15(7-9)11-13-10(12)8-16-11/h8-9H,3-7H2,1-2H3. The second-order valence-electron chi connectivity index (χ2n) is 4.06. The number of thiazole rings is 1. The van der Waals surface area contributed by atoms with Gasteiger partial charge in [-0.05, 0) is 35.4 Å². The van der Waals surface area contributed by atoms with Gasteiger partial charge in [0.15, 0.2) is 5.13 Å². The summed E-state index contributed by atoms with van der Waals surface area (Å²) < 4.78 is 0.957. The highest BCUT2D eigenvalue weighted by molar-refractivity contribution is 9.10. The number of nitrogens with zero attached hydrogens (tertiary/aromatic N) is 3. The maximum Gasteiger partial charge on any atom is 0.186 e. The van der Waals surface area contributed by atoms with Crippen molar-refractivity contribution >= 4 is 32.4 Å². The molecular weight excluding hydrogens is 286 g/mol. The van der Waals surface area contributed by atoms with Gasteiger partial charge in [-0.1, -0.05) is 13.8 Å². The zero-order chi connectivity index (χ0) is 11.5. The Labute approximate surface area is 110 Å². The molecule has 0 aromatic carbocycles. The zero-order valence-electron chi connectivity index (χ0n) is 9.82. The van der Waals surface area contributed by atoms with Crippen molar-refractivity contribution in [2.45, 2.75) is 26.3 Å². The SMILES string of the molecule is CCN(CC)C1CCN(c2nc(Br)cs2)C1. The molecule has 1 aromatic heterocycles. The average Bonchev–Trinajstić information content (AvgIpc) is 2.89. The van der Waals surface area contributed by atoms with Crippen LogP contribution in [0.1, 0.15) is 20.3 Å². The number of rotatable bonds is 4. The highest BCUT2D eigenvalue weighted by Crippen LogP contribution is 2.27. The molecule has 1 fully saturated rings. The Morgan fingerprint density at radius 2 is 2.31 bits per heavy atom. The summed E-state index contributed by atoms with van der Waals surface area (Å²) in [6, 6.07) is 0.706. The van der Waals surface area contributed by atoms with Crippen molar-refractivity contribution < 1.29 is 0 Å². The van der Waals surface area contributed by atoms with Gasteiger partial charge in [0.2, 0.25) is 0 Å². The molecule has 90 valence electrons. The topological polar surface area (TPSA) is 19.4 Å². The predicted molar refractivity (Wildman–Crippen MR) is 73.4 cm³/mol. The van der Waals surface area contributed by atoms with Crippen molar-refractivity contribution in [3.05, 3.63) is 9.98 Å². The second kappa shape index (κ2) is 5.47. The van der Waals surface area contributed by atoms with Crippen LogP contribution in [0.2, 0.25) is 0 Å². The van der Waals surface area contributed by atoms with Gasteiger partial charge in [-0.25, -0.2) is 4.98 Å². The quantitative estimate of drug-likeness (QED) is 0.853. The van der Waals surface area contributed by atoms with Crippen LogP contribution >= 0.6 is 27.3 Å². The Bertz CT molecular complexity index is 338. The first-order valence-corrected chi connectivity index (χ1v) is 7.51. The van der Waals surface area contributed by atoms with E-state index in [4.69, 9.17) is 0 Å². The van der Waals surface area contributed by atoms with Gasteiger partial charge in [-0.3, -0.25) is 4.90 Å². The molecule has 1 aliphatic heterocycles. The van der Waals surface area contributed by atoms with E-state index >= 15 is 0 Å². The van der Waals surface area contributed by atoms with E-state index < -0.39 is 0 Å². The van der Waals surface area contributed by atoms with Crippen LogP contribution in [0, 0.1) is 0 Å². The molecule has 0 amide bonds. The van der Waals surface area contributed by atoms with Gasteiger partial charge in [-0.15, -0.1) is 11.3 Å². The fourth-order valence-electron chi connectivity index (χ4n) is 2.34. The summed E-state index contributed by atoms with van der Waals surface area (Å²) in [5.41, 5.74) is 0. The molecule has 0 saturated carbocycles. The van der Waals surface area contributed by atoms with Gasteiger partial charge in [0.25, 0.3) is 0 Å². The summed E-state index contributed by atoms with van der Waals surface area (Å²) in [6.07, 6.45) is 1.26. The second-order valence-corrected chi connectivity index (χ2v) is 5.71. The summed E-state index contributed by atoms with van der Waals surface area (Å²) in [4.78, 5) is 9.43. The van der Waals surface area contributed by atoms with Gasteiger partial charge in [0, 0.05) is 24.5 Å².